The molecule has 0 saturated heterocycles. The summed E-state index contributed by atoms with van der Waals surface area (Å²) in [5, 5.41) is 18.6. The summed E-state index contributed by atoms with van der Waals surface area (Å²) in [4.78, 5) is 0. The van der Waals surface area contributed by atoms with Crippen LogP contribution in [0.4, 0.5) is 4.39 Å². The molecular formula is C15H11BrFNO2. The van der Waals surface area contributed by atoms with Gasteiger partial charge in [0.1, 0.15) is 5.75 Å². The molecule has 0 aromatic heterocycles. The van der Waals surface area contributed by atoms with E-state index in [-0.39, 0.29) is 11.5 Å². The lowest BCUT2D eigenvalue weighted by atomic mass is 10.1. The van der Waals surface area contributed by atoms with Crippen LogP contribution in [0.25, 0.3) is 0 Å². The zero-order valence-corrected chi connectivity index (χ0v) is 12.2. The minimum atomic E-state index is -0.784. The van der Waals surface area contributed by atoms with E-state index in [9.17, 15) is 9.50 Å². The number of nitrogens with zero attached hydrogens (tertiary/aromatic N) is 1. The lowest BCUT2D eigenvalue weighted by molar-refractivity contribution is 0.195. The normalized spacial score (nSPS) is 11.8. The number of aliphatic hydroxyl groups excluding tert-OH is 1. The van der Waals surface area contributed by atoms with Gasteiger partial charge in [0, 0.05) is 10.0 Å². The summed E-state index contributed by atoms with van der Waals surface area (Å²) < 4.78 is 19.9. The highest BCUT2D eigenvalue weighted by molar-refractivity contribution is 9.10. The van der Waals surface area contributed by atoms with E-state index in [0.29, 0.717) is 15.6 Å². The molecule has 0 saturated carbocycles. The van der Waals surface area contributed by atoms with E-state index in [0.717, 1.165) is 0 Å². The van der Waals surface area contributed by atoms with Gasteiger partial charge >= 0.3 is 0 Å². The Kier molecular flexibility index (Phi) is 4.38. The monoisotopic (exact) mass is 335 g/mol. The van der Waals surface area contributed by atoms with E-state index < -0.39 is 11.9 Å². The van der Waals surface area contributed by atoms with Crippen LogP contribution in [0.15, 0.2) is 40.9 Å². The molecule has 102 valence electrons. The lowest BCUT2D eigenvalue weighted by Crippen LogP contribution is -1.98. The Morgan fingerprint density at radius 3 is 2.65 bits per heavy atom. The highest BCUT2D eigenvalue weighted by Gasteiger charge is 2.13. The second-order valence-electron chi connectivity index (χ2n) is 4.22. The predicted octanol–water partition coefficient (Wildman–Crippen LogP) is 4.31. The SMILES string of the molecule is C[C@H](O)c1ccc(C#N)cc1Oc1cc(Br)ccc1F. The zero-order valence-electron chi connectivity index (χ0n) is 10.6. The van der Waals surface area contributed by atoms with Crippen molar-refractivity contribution in [3.05, 3.63) is 57.8 Å². The van der Waals surface area contributed by atoms with Crippen LogP contribution in [0.3, 0.4) is 0 Å². The number of aliphatic hydroxyl groups is 1. The van der Waals surface area contributed by atoms with Crippen LogP contribution in [-0.2, 0) is 0 Å². The maximum absolute atomic E-state index is 13.7. The third-order valence-corrected chi connectivity index (χ3v) is 3.20. The second kappa shape index (κ2) is 6.04. The summed E-state index contributed by atoms with van der Waals surface area (Å²) in [5.74, 6) is -0.237. The molecule has 1 atom stereocenters. The fourth-order valence-electron chi connectivity index (χ4n) is 1.71. The molecule has 0 fully saturated rings. The average molecular weight is 336 g/mol. The van der Waals surface area contributed by atoms with Crippen molar-refractivity contribution in [2.75, 3.05) is 0 Å². The third-order valence-electron chi connectivity index (χ3n) is 2.71. The Morgan fingerprint density at radius 1 is 1.25 bits per heavy atom. The molecule has 20 heavy (non-hydrogen) atoms. The zero-order chi connectivity index (χ0) is 14.7. The fraction of sp³-hybridized carbons (Fsp3) is 0.133. The van der Waals surface area contributed by atoms with Crippen molar-refractivity contribution in [3.8, 4) is 17.6 Å². The standard InChI is InChI=1S/C15H11BrFNO2/c1-9(19)12-4-2-10(8-18)6-14(12)20-15-7-11(16)3-5-13(15)17/h2-7,9,19H,1H3/t9-/m0/s1. The largest absolute Gasteiger partial charge is 0.454 e. The molecule has 0 heterocycles. The van der Waals surface area contributed by atoms with Crippen LogP contribution in [0.5, 0.6) is 11.5 Å². The van der Waals surface area contributed by atoms with E-state index in [1.165, 1.54) is 18.2 Å². The van der Waals surface area contributed by atoms with Crippen molar-refractivity contribution in [2.24, 2.45) is 0 Å². The van der Waals surface area contributed by atoms with Crippen LogP contribution in [0.2, 0.25) is 0 Å². The number of rotatable bonds is 3. The number of benzene rings is 2. The lowest BCUT2D eigenvalue weighted by Gasteiger charge is -2.14. The molecular weight excluding hydrogens is 325 g/mol. The van der Waals surface area contributed by atoms with Gasteiger partial charge in [-0.25, -0.2) is 4.39 Å². The number of ether oxygens (including phenoxy) is 1. The van der Waals surface area contributed by atoms with Gasteiger partial charge in [0.25, 0.3) is 0 Å². The number of halogens is 2. The molecule has 5 heteroatoms. The first kappa shape index (κ1) is 14.5. The predicted molar refractivity (Wildman–Crippen MR) is 76.0 cm³/mol. The molecule has 0 unspecified atom stereocenters. The van der Waals surface area contributed by atoms with Crippen LogP contribution >= 0.6 is 15.9 Å². The number of nitriles is 1. The van der Waals surface area contributed by atoms with Crippen LogP contribution in [0.1, 0.15) is 24.2 Å². The van der Waals surface area contributed by atoms with Crippen molar-refractivity contribution < 1.29 is 14.2 Å². The molecule has 2 aromatic carbocycles. The summed E-state index contributed by atoms with van der Waals surface area (Å²) in [6.45, 7) is 1.57. The number of hydrogen-bond donors (Lipinski definition) is 1. The van der Waals surface area contributed by atoms with Crippen molar-refractivity contribution >= 4 is 15.9 Å². The molecule has 0 radical (unpaired) electrons. The molecule has 0 amide bonds. The molecule has 1 N–H and O–H groups in total. The van der Waals surface area contributed by atoms with E-state index in [1.807, 2.05) is 6.07 Å². The van der Waals surface area contributed by atoms with E-state index in [2.05, 4.69) is 15.9 Å². The highest BCUT2D eigenvalue weighted by Crippen LogP contribution is 2.33. The van der Waals surface area contributed by atoms with Gasteiger partial charge in [0.15, 0.2) is 11.6 Å². The molecule has 0 bridgehead atoms. The Morgan fingerprint density at radius 2 is 2.00 bits per heavy atom. The van der Waals surface area contributed by atoms with Crippen molar-refractivity contribution in [2.45, 2.75) is 13.0 Å². The first-order valence-corrected chi connectivity index (χ1v) is 6.65. The highest BCUT2D eigenvalue weighted by atomic mass is 79.9. The van der Waals surface area contributed by atoms with Gasteiger partial charge in [0.2, 0.25) is 0 Å². The van der Waals surface area contributed by atoms with Crippen LogP contribution < -0.4 is 4.74 Å². The Balaban J connectivity index is 2.46. The Labute approximate surface area is 124 Å². The summed E-state index contributed by atoms with van der Waals surface area (Å²) in [6.07, 6.45) is -0.784. The van der Waals surface area contributed by atoms with Gasteiger partial charge in [-0.05, 0) is 37.3 Å². The smallest absolute Gasteiger partial charge is 0.165 e. The quantitative estimate of drug-likeness (QED) is 0.909. The van der Waals surface area contributed by atoms with Gasteiger partial charge in [-0.3, -0.25) is 0 Å². The van der Waals surface area contributed by atoms with E-state index in [4.69, 9.17) is 10.00 Å². The molecule has 0 aliphatic heterocycles. The Hall–Kier alpha value is -1.90. The molecule has 0 spiro atoms. The Bertz CT molecular complexity index is 680. The van der Waals surface area contributed by atoms with Crippen molar-refractivity contribution in [1.29, 1.82) is 5.26 Å². The molecule has 2 aromatic rings. The van der Waals surface area contributed by atoms with Crippen molar-refractivity contribution in [3.63, 3.8) is 0 Å². The maximum Gasteiger partial charge on any atom is 0.165 e. The van der Waals surface area contributed by atoms with Gasteiger partial charge in [-0.15, -0.1) is 0 Å². The first-order chi connectivity index (χ1) is 9.51. The van der Waals surface area contributed by atoms with Crippen LogP contribution in [-0.4, -0.2) is 5.11 Å². The van der Waals surface area contributed by atoms with Gasteiger partial charge in [-0.2, -0.15) is 5.26 Å². The summed E-state index contributed by atoms with van der Waals surface area (Å²) in [5.41, 5.74) is 0.864. The van der Waals surface area contributed by atoms with Crippen LogP contribution in [0, 0.1) is 17.1 Å². The van der Waals surface area contributed by atoms with Gasteiger partial charge < -0.3 is 9.84 Å². The molecule has 0 aliphatic carbocycles. The summed E-state index contributed by atoms with van der Waals surface area (Å²) >= 11 is 3.24. The fourth-order valence-corrected chi connectivity index (χ4v) is 2.05. The third kappa shape index (κ3) is 3.16. The molecule has 2 rings (SSSR count). The first-order valence-electron chi connectivity index (χ1n) is 5.86. The van der Waals surface area contributed by atoms with E-state index >= 15 is 0 Å². The topological polar surface area (TPSA) is 53.2 Å². The maximum atomic E-state index is 13.7. The summed E-state index contributed by atoms with van der Waals surface area (Å²) in [6, 6.07) is 10.9. The second-order valence-corrected chi connectivity index (χ2v) is 5.13. The van der Waals surface area contributed by atoms with Crippen molar-refractivity contribution in [1.82, 2.24) is 0 Å². The minimum Gasteiger partial charge on any atom is -0.454 e. The van der Waals surface area contributed by atoms with Gasteiger partial charge in [-0.1, -0.05) is 22.0 Å². The molecule has 3 nitrogen and oxygen atoms in total. The van der Waals surface area contributed by atoms with Gasteiger partial charge in [0.05, 0.1) is 17.7 Å². The minimum absolute atomic E-state index is 0.0244. The molecule has 0 aliphatic rings. The number of hydrogen-bond acceptors (Lipinski definition) is 3. The summed E-state index contributed by atoms with van der Waals surface area (Å²) in [7, 11) is 0. The van der Waals surface area contributed by atoms with E-state index in [1.54, 1.807) is 25.1 Å². The average Bonchev–Trinajstić information content (AvgIpc) is 2.42.